The molecule has 0 aliphatic heterocycles. The SMILES string of the molecule is CC(C)(C)c1ccc(C(=O)NCC(=O)OCC(=O)c2ccc(F)cc2)cc1. The molecule has 27 heavy (non-hydrogen) atoms. The third kappa shape index (κ3) is 6.02. The maximum atomic E-state index is 12.8. The zero-order valence-corrected chi connectivity index (χ0v) is 15.5. The zero-order chi connectivity index (χ0) is 20.0. The molecule has 0 saturated carbocycles. The number of amides is 1. The number of rotatable bonds is 6. The molecule has 2 rings (SSSR count). The lowest BCUT2D eigenvalue weighted by atomic mass is 9.87. The van der Waals surface area contributed by atoms with Crippen molar-refractivity contribution in [2.45, 2.75) is 26.2 Å². The lowest BCUT2D eigenvalue weighted by molar-refractivity contribution is -0.141. The fourth-order valence-corrected chi connectivity index (χ4v) is 2.29. The van der Waals surface area contributed by atoms with Crippen molar-refractivity contribution in [2.24, 2.45) is 0 Å². The molecule has 0 bridgehead atoms. The monoisotopic (exact) mass is 371 g/mol. The lowest BCUT2D eigenvalue weighted by Gasteiger charge is -2.19. The highest BCUT2D eigenvalue weighted by molar-refractivity contribution is 5.98. The van der Waals surface area contributed by atoms with Gasteiger partial charge in [0, 0.05) is 11.1 Å². The molecule has 6 heteroatoms. The molecule has 0 aliphatic carbocycles. The number of ether oxygens (including phenoxy) is 1. The normalized spacial score (nSPS) is 11.0. The average Bonchev–Trinajstić information content (AvgIpc) is 2.64. The molecule has 5 nitrogen and oxygen atoms in total. The highest BCUT2D eigenvalue weighted by Gasteiger charge is 2.15. The number of hydrogen-bond acceptors (Lipinski definition) is 4. The van der Waals surface area contributed by atoms with Crippen LogP contribution in [0.25, 0.3) is 0 Å². The van der Waals surface area contributed by atoms with Crippen molar-refractivity contribution in [3.05, 3.63) is 71.0 Å². The van der Waals surface area contributed by atoms with Gasteiger partial charge >= 0.3 is 5.97 Å². The Labute approximate surface area is 157 Å². The Morgan fingerprint density at radius 3 is 2.04 bits per heavy atom. The molecular weight excluding hydrogens is 349 g/mol. The predicted molar refractivity (Wildman–Crippen MR) is 99.2 cm³/mol. The minimum atomic E-state index is -0.731. The van der Waals surface area contributed by atoms with Gasteiger partial charge in [0.25, 0.3) is 5.91 Å². The summed E-state index contributed by atoms with van der Waals surface area (Å²) in [6, 6.07) is 12.1. The van der Waals surface area contributed by atoms with Gasteiger partial charge in [0.05, 0.1) is 0 Å². The van der Waals surface area contributed by atoms with E-state index in [1.165, 1.54) is 12.1 Å². The fraction of sp³-hybridized carbons (Fsp3) is 0.286. The first-order valence-electron chi connectivity index (χ1n) is 8.50. The van der Waals surface area contributed by atoms with Crippen molar-refractivity contribution in [1.29, 1.82) is 0 Å². The highest BCUT2D eigenvalue weighted by atomic mass is 19.1. The Morgan fingerprint density at radius 2 is 1.48 bits per heavy atom. The molecule has 0 atom stereocenters. The van der Waals surface area contributed by atoms with E-state index >= 15 is 0 Å². The Balaban J connectivity index is 1.80. The topological polar surface area (TPSA) is 72.5 Å². The third-order valence-corrected chi connectivity index (χ3v) is 3.94. The molecule has 2 aromatic carbocycles. The zero-order valence-electron chi connectivity index (χ0n) is 15.5. The third-order valence-electron chi connectivity index (χ3n) is 3.94. The van der Waals surface area contributed by atoms with Crippen LogP contribution in [0.5, 0.6) is 0 Å². The Bertz CT molecular complexity index is 821. The van der Waals surface area contributed by atoms with Crippen molar-refractivity contribution in [3.8, 4) is 0 Å². The van der Waals surface area contributed by atoms with Crippen LogP contribution in [0.4, 0.5) is 4.39 Å². The lowest BCUT2D eigenvalue weighted by Crippen LogP contribution is -2.31. The summed E-state index contributed by atoms with van der Waals surface area (Å²) >= 11 is 0. The molecule has 2 aromatic rings. The van der Waals surface area contributed by atoms with E-state index in [2.05, 4.69) is 26.1 Å². The van der Waals surface area contributed by atoms with E-state index in [4.69, 9.17) is 4.74 Å². The maximum Gasteiger partial charge on any atom is 0.325 e. The van der Waals surface area contributed by atoms with Crippen molar-refractivity contribution in [2.75, 3.05) is 13.2 Å². The van der Waals surface area contributed by atoms with Crippen molar-refractivity contribution >= 4 is 17.7 Å². The van der Waals surface area contributed by atoms with E-state index < -0.39 is 30.1 Å². The van der Waals surface area contributed by atoms with E-state index in [1.54, 1.807) is 12.1 Å². The van der Waals surface area contributed by atoms with Crippen LogP contribution in [-0.2, 0) is 14.9 Å². The van der Waals surface area contributed by atoms with Crippen LogP contribution in [0.1, 0.15) is 47.1 Å². The van der Waals surface area contributed by atoms with Gasteiger partial charge in [-0.1, -0.05) is 32.9 Å². The van der Waals surface area contributed by atoms with Crippen LogP contribution < -0.4 is 5.32 Å². The van der Waals surface area contributed by atoms with Gasteiger partial charge in [0.2, 0.25) is 0 Å². The van der Waals surface area contributed by atoms with E-state index in [0.29, 0.717) is 5.56 Å². The number of esters is 1. The molecule has 1 amide bonds. The first kappa shape index (κ1) is 20.3. The van der Waals surface area contributed by atoms with Crippen LogP contribution in [0.2, 0.25) is 0 Å². The number of benzene rings is 2. The second kappa shape index (κ2) is 8.58. The molecule has 0 aliphatic rings. The van der Waals surface area contributed by atoms with Crippen molar-refractivity contribution in [1.82, 2.24) is 5.32 Å². The second-order valence-corrected chi connectivity index (χ2v) is 7.10. The largest absolute Gasteiger partial charge is 0.456 e. The predicted octanol–water partition coefficient (Wildman–Crippen LogP) is 3.28. The Morgan fingerprint density at radius 1 is 0.926 bits per heavy atom. The highest BCUT2D eigenvalue weighted by Crippen LogP contribution is 2.22. The molecule has 142 valence electrons. The first-order chi connectivity index (χ1) is 12.7. The number of Topliss-reactive ketones (excluding diaryl/α,β-unsaturated/α-hetero) is 1. The van der Waals surface area contributed by atoms with Crippen LogP contribution in [-0.4, -0.2) is 30.8 Å². The van der Waals surface area contributed by atoms with Gasteiger partial charge in [-0.05, 0) is 47.4 Å². The van der Waals surface area contributed by atoms with Crippen LogP contribution in [0, 0.1) is 5.82 Å². The second-order valence-electron chi connectivity index (χ2n) is 7.10. The number of halogens is 1. The number of carbonyl (C=O) groups excluding carboxylic acids is 3. The van der Waals surface area contributed by atoms with Gasteiger partial charge < -0.3 is 10.1 Å². The van der Waals surface area contributed by atoms with Crippen LogP contribution in [0.3, 0.4) is 0 Å². The number of ketones is 1. The van der Waals surface area contributed by atoms with Gasteiger partial charge in [-0.2, -0.15) is 0 Å². The minimum absolute atomic E-state index is 0.0180. The molecule has 1 N–H and O–H groups in total. The molecule has 0 fully saturated rings. The molecule has 0 radical (unpaired) electrons. The van der Waals surface area contributed by atoms with Crippen molar-refractivity contribution < 1.29 is 23.5 Å². The van der Waals surface area contributed by atoms with Gasteiger partial charge in [-0.25, -0.2) is 4.39 Å². The Hall–Kier alpha value is -3.02. The number of hydrogen-bond donors (Lipinski definition) is 1. The molecule has 0 aromatic heterocycles. The minimum Gasteiger partial charge on any atom is -0.456 e. The smallest absolute Gasteiger partial charge is 0.325 e. The molecule has 0 saturated heterocycles. The molecule has 0 spiro atoms. The van der Waals surface area contributed by atoms with Crippen LogP contribution >= 0.6 is 0 Å². The molecular formula is C21H22FNO4. The number of carbonyl (C=O) groups is 3. The maximum absolute atomic E-state index is 12.8. The standard InChI is InChI=1S/C21H22FNO4/c1-21(2,3)16-8-4-15(5-9-16)20(26)23-12-19(25)27-13-18(24)14-6-10-17(22)11-7-14/h4-11H,12-13H2,1-3H3,(H,23,26). The van der Waals surface area contributed by atoms with Crippen LogP contribution in [0.15, 0.2) is 48.5 Å². The summed E-state index contributed by atoms with van der Waals surface area (Å²) in [7, 11) is 0. The van der Waals surface area contributed by atoms with Gasteiger partial charge in [0.15, 0.2) is 12.4 Å². The van der Waals surface area contributed by atoms with Gasteiger partial charge in [0.1, 0.15) is 12.4 Å². The summed E-state index contributed by atoms with van der Waals surface area (Å²) in [5.74, 6) is -2.04. The van der Waals surface area contributed by atoms with Crippen molar-refractivity contribution in [3.63, 3.8) is 0 Å². The summed E-state index contributed by atoms with van der Waals surface area (Å²) in [4.78, 5) is 35.6. The summed E-state index contributed by atoms with van der Waals surface area (Å²) in [6.07, 6.45) is 0. The molecule has 0 heterocycles. The van der Waals surface area contributed by atoms with E-state index in [0.717, 1.165) is 17.7 Å². The quantitative estimate of drug-likeness (QED) is 0.625. The summed E-state index contributed by atoms with van der Waals surface area (Å²) < 4.78 is 17.7. The Kier molecular flexibility index (Phi) is 6.45. The van der Waals surface area contributed by atoms with E-state index in [1.807, 2.05) is 12.1 Å². The first-order valence-corrected chi connectivity index (χ1v) is 8.50. The fourth-order valence-electron chi connectivity index (χ4n) is 2.29. The molecule has 0 unspecified atom stereocenters. The summed E-state index contributed by atoms with van der Waals surface area (Å²) in [5, 5.41) is 2.45. The summed E-state index contributed by atoms with van der Waals surface area (Å²) in [6.45, 7) is 5.40. The average molecular weight is 371 g/mol. The van der Waals surface area contributed by atoms with E-state index in [9.17, 15) is 18.8 Å². The van der Waals surface area contributed by atoms with Gasteiger partial charge in [-0.3, -0.25) is 14.4 Å². The number of nitrogens with one attached hydrogen (secondary N) is 1. The van der Waals surface area contributed by atoms with Gasteiger partial charge in [-0.15, -0.1) is 0 Å². The summed E-state index contributed by atoms with van der Waals surface area (Å²) in [5.41, 5.74) is 1.75. The van der Waals surface area contributed by atoms with E-state index in [-0.39, 0.29) is 17.5 Å².